The number of hydrogen-bond donors (Lipinski definition) is 2. The summed E-state index contributed by atoms with van der Waals surface area (Å²) >= 11 is 4.81. The van der Waals surface area contributed by atoms with Gasteiger partial charge in [-0.1, -0.05) is 36.9 Å². The van der Waals surface area contributed by atoms with E-state index in [4.69, 9.17) is 9.73 Å². The molecule has 0 bridgehead atoms. The van der Waals surface area contributed by atoms with E-state index in [1.807, 2.05) is 31.2 Å². The first-order valence-electron chi connectivity index (χ1n) is 8.59. The fraction of sp³-hybridized carbons (Fsp3) is 0.211. The normalized spacial score (nSPS) is 17.9. The zero-order chi connectivity index (χ0) is 19.8. The van der Waals surface area contributed by atoms with Crippen molar-refractivity contribution in [1.82, 2.24) is 10.3 Å². The Kier molecular flexibility index (Phi) is 5.03. The lowest BCUT2D eigenvalue weighted by molar-refractivity contribution is -0.116. The van der Waals surface area contributed by atoms with Crippen molar-refractivity contribution in [2.24, 2.45) is 10.1 Å². The summed E-state index contributed by atoms with van der Waals surface area (Å²) in [6, 6.07) is 10.9. The minimum Gasteiger partial charge on any atom is -0.503 e. The van der Waals surface area contributed by atoms with Crippen molar-refractivity contribution in [1.29, 1.82) is 0 Å². The molecule has 2 aromatic carbocycles. The molecule has 4 rings (SSSR count). The number of para-hydroxylation sites is 1. The molecule has 2 aliphatic rings. The number of amidine groups is 1. The molecule has 0 aliphatic carbocycles. The van der Waals surface area contributed by atoms with Crippen molar-refractivity contribution in [3.8, 4) is 11.5 Å². The van der Waals surface area contributed by atoms with E-state index in [2.05, 4.69) is 26.3 Å². The number of methoxy groups -OCH3 is 1. The Morgan fingerprint density at radius 2 is 2.14 bits per heavy atom. The molecule has 144 valence electrons. The van der Waals surface area contributed by atoms with Crippen molar-refractivity contribution in [3.05, 3.63) is 57.0 Å². The summed E-state index contributed by atoms with van der Waals surface area (Å²) in [5.41, 5.74) is 1.17. The molecule has 0 saturated heterocycles. The highest BCUT2D eigenvalue weighted by Gasteiger charge is 2.34. The number of rotatable bonds is 3. The smallest absolute Gasteiger partial charge is 0.276 e. The molecule has 2 aliphatic heterocycles. The average Bonchev–Trinajstić information content (AvgIpc) is 2.69. The van der Waals surface area contributed by atoms with Crippen LogP contribution in [0.4, 0.5) is 0 Å². The van der Waals surface area contributed by atoms with E-state index in [-0.39, 0.29) is 11.7 Å². The molecule has 0 fully saturated rings. The van der Waals surface area contributed by atoms with Crippen LogP contribution in [0.2, 0.25) is 0 Å². The first-order valence-corrected chi connectivity index (χ1v) is 10.4. The van der Waals surface area contributed by atoms with E-state index in [0.29, 0.717) is 26.4 Å². The number of carbonyl (C=O) groups excluding carboxylic acids is 1. The van der Waals surface area contributed by atoms with Crippen LogP contribution in [0, 0.1) is 0 Å². The maximum absolute atomic E-state index is 12.9. The molecule has 1 atom stereocenters. The number of aromatic hydroxyl groups is 1. The van der Waals surface area contributed by atoms with Crippen molar-refractivity contribution in [2.45, 2.75) is 13.1 Å². The van der Waals surface area contributed by atoms with Crippen LogP contribution >= 0.6 is 27.7 Å². The van der Waals surface area contributed by atoms with Crippen LogP contribution < -0.4 is 20.6 Å². The van der Waals surface area contributed by atoms with E-state index in [0.717, 1.165) is 16.5 Å². The fourth-order valence-corrected chi connectivity index (χ4v) is 4.19. The summed E-state index contributed by atoms with van der Waals surface area (Å²) in [6.07, 6.45) is -0.575. The number of amides is 1. The first-order chi connectivity index (χ1) is 13.5. The molecule has 0 radical (unpaired) electrons. The molecule has 0 aromatic heterocycles. The lowest BCUT2D eigenvalue weighted by Gasteiger charge is -2.34. The second kappa shape index (κ2) is 7.48. The molecule has 1 amide bonds. The molecular formula is C19H17BrN4O3S. The van der Waals surface area contributed by atoms with E-state index in [9.17, 15) is 9.90 Å². The van der Waals surface area contributed by atoms with E-state index < -0.39 is 6.17 Å². The van der Waals surface area contributed by atoms with Gasteiger partial charge in [0.2, 0.25) is 0 Å². The molecule has 28 heavy (non-hydrogen) atoms. The zero-order valence-electron chi connectivity index (χ0n) is 15.1. The van der Waals surface area contributed by atoms with Gasteiger partial charge in [-0.2, -0.15) is 0 Å². The van der Waals surface area contributed by atoms with Crippen LogP contribution in [0.15, 0.2) is 51.0 Å². The third kappa shape index (κ3) is 3.14. The Balaban J connectivity index is 1.96. The second-order valence-electron chi connectivity index (χ2n) is 6.06. The van der Waals surface area contributed by atoms with Gasteiger partial charge >= 0.3 is 0 Å². The maximum Gasteiger partial charge on any atom is 0.276 e. The number of thioether (sulfide) groups is 1. The number of hydrazone groups is 1. The number of phenols is 1. The predicted octanol–water partition coefficient (Wildman–Crippen LogP) is 2.06. The summed E-state index contributed by atoms with van der Waals surface area (Å²) < 4.78 is 5.76. The quantitative estimate of drug-likeness (QED) is 0.731. The number of carbonyl (C=O) groups is 1. The molecule has 7 nitrogen and oxygen atoms in total. The van der Waals surface area contributed by atoms with Gasteiger partial charge in [-0.15, -0.1) is 5.10 Å². The van der Waals surface area contributed by atoms with Gasteiger partial charge in [0.1, 0.15) is 5.70 Å². The number of phenolic OH excluding ortho intramolecular Hbond substituents is 1. The van der Waals surface area contributed by atoms with Gasteiger partial charge in [0, 0.05) is 10.8 Å². The Morgan fingerprint density at radius 1 is 1.36 bits per heavy atom. The van der Waals surface area contributed by atoms with E-state index in [1.54, 1.807) is 17.1 Å². The molecule has 2 N–H and O–H groups in total. The number of nitrogens with zero attached hydrogens (tertiary/aromatic N) is 3. The summed E-state index contributed by atoms with van der Waals surface area (Å²) in [6.45, 7) is 1.99. The minimum atomic E-state index is -0.575. The van der Waals surface area contributed by atoms with Crippen LogP contribution in [0.25, 0.3) is 5.70 Å². The van der Waals surface area contributed by atoms with Crippen molar-refractivity contribution in [3.63, 3.8) is 0 Å². The first kappa shape index (κ1) is 18.8. The summed E-state index contributed by atoms with van der Waals surface area (Å²) in [5.74, 6) is 0.879. The lowest BCUT2D eigenvalue weighted by atomic mass is 10.1. The van der Waals surface area contributed by atoms with Gasteiger partial charge in [0.15, 0.2) is 22.8 Å². The van der Waals surface area contributed by atoms with E-state index >= 15 is 0 Å². The van der Waals surface area contributed by atoms with Crippen LogP contribution in [0.1, 0.15) is 18.7 Å². The van der Waals surface area contributed by atoms with Gasteiger partial charge in [-0.05, 0) is 39.9 Å². The fourth-order valence-electron chi connectivity index (χ4n) is 3.14. The average molecular weight is 461 g/mol. The number of ether oxygens (including phenoxy) is 1. The maximum atomic E-state index is 12.9. The summed E-state index contributed by atoms with van der Waals surface area (Å²) in [5, 5.41) is 21.2. The number of halogens is 1. The van der Waals surface area contributed by atoms with Gasteiger partial charge in [-0.3, -0.25) is 15.1 Å². The topological polar surface area (TPSA) is 86.5 Å². The number of hydrogen-bond acceptors (Lipinski definition) is 7. The molecule has 0 saturated carbocycles. The van der Waals surface area contributed by atoms with Crippen LogP contribution in [-0.2, 0) is 4.79 Å². The lowest BCUT2D eigenvalue weighted by Crippen LogP contribution is -2.50. The van der Waals surface area contributed by atoms with Crippen LogP contribution in [-0.4, -0.2) is 34.1 Å². The SMILES string of the molecule is CCSC1=NN2C(=c3ccccc3=NC2c2cc(Br)c(O)c(OC)c2)C(=O)N1. The highest BCUT2D eigenvalue weighted by atomic mass is 79.9. The van der Waals surface area contributed by atoms with Gasteiger partial charge in [0.25, 0.3) is 5.91 Å². The Morgan fingerprint density at radius 3 is 2.89 bits per heavy atom. The van der Waals surface area contributed by atoms with Crippen molar-refractivity contribution in [2.75, 3.05) is 12.9 Å². The van der Waals surface area contributed by atoms with Crippen molar-refractivity contribution >= 4 is 44.5 Å². The molecule has 9 heteroatoms. The monoisotopic (exact) mass is 460 g/mol. The van der Waals surface area contributed by atoms with Gasteiger partial charge < -0.3 is 9.84 Å². The summed E-state index contributed by atoms with van der Waals surface area (Å²) in [7, 11) is 1.48. The third-order valence-corrected chi connectivity index (χ3v) is 5.72. The zero-order valence-corrected chi connectivity index (χ0v) is 17.5. The molecule has 0 spiro atoms. The third-order valence-electron chi connectivity index (χ3n) is 4.37. The van der Waals surface area contributed by atoms with Gasteiger partial charge in [0.05, 0.1) is 16.9 Å². The second-order valence-corrected chi connectivity index (χ2v) is 8.17. The predicted molar refractivity (Wildman–Crippen MR) is 111 cm³/mol. The highest BCUT2D eigenvalue weighted by molar-refractivity contribution is 9.10. The standard InChI is InChI=1S/C19H17BrN4O3S/c1-3-28-19-22-18(26)15-11-6-4-5-7-13(11)21-17(24(15)23-19)10-8-12(20)16(25)14(9-10)27-2/h4-9,17,25H,3H2,1-2H3,(H,22,23,26). The van der Waals surface area contributed by atoms with Crippen LogP contribution in [0.3, 0.4) is 0 Å². The van der Waals surface area contributed by atoms with Crippen molar-refractivity contribution < 1.29 is 14.6 Å². The minimum absolute atomic E-state index is 0.00813. The molecule has 2 aromatic rings. The molecular weight excluding hydrogens is 444 g/mol. The van der Waals surface area contributed by atoms with E-state index in [1.165, 1.54) is 18.9 Å². The summed E-state index contributed by atoms with van der Waals surface area (Å²) in [4.78, 5) is 17.7. The molecule has 2 heterocycles. The molecule has 1 unspecified atom stereocenters. The Hall–Kier alpha value is -2.52. The number of fused-ring (bicyclic) bond motifs is 2. The van der Waals surface area contributed by atoms with Gasteiger partial charge in [-0.25, -0.2) is 5.01 Å². The van der Waals surface area contributed by atoms with Crippen LogP contribution in [0.5, 0.6) is 11.5 Å². The Bertz CT molecular complexity index is 1120. The largest absolute Gasteiger partial charge is 0.503 e. The number of benzene rings is 2. The number of nitrogens with one attached hydrogen (secondary N) is 1. The highest BCUT2D eigenvalue weighted by Crippen LogP contribution is 2.40. The Labute approximate surface area is 173 Å².